The molecule has 0 amide bonds. The lowest BCUT2D eigenvalue weighted by molar-refractivity contribution is -0.134. The number of rotatable bonds is 1. The first-order chi connectivity index (χ1) is 6.15. The van der Waals surface area contributed by atoms with E-state index in [-0.39, 0.29) is 13.2 Å². The van der Waals surface area contributed by atoms with Crippen molar-refractivity contribution in [2.45, 2.75) is 6.92 Å². The molecular formula is C7H14O4S2. The molecule has 4 nitrogen and oxygen atoms in total. The van der Waals surface area contributed by atoms with E-state index >= 15 is 0 Å². The largest absolute Gasteiger partial charge is 0.481 e. The van der Waals surface area contributed by atoms with E-state index in [0.29, 0.717) is 0 Å². The zero-order valence-corrected chi connectivity index (χ0v) is 8.98. The Hall–Kier alpha value is -0.170. The van der Waals surface area contributed by atoms with Crippen LogP contribution in [-0.4, -0.2) is 40.3 Å². The molecule has 0 saturated heterocycles. The maximum Gasteiger partial charge on any atom is 0.300 e. The molecule has 0 spiro atoms. The van der Waals surface area contributed by atoms with E-state index in [9.17, 15) is 0 Å². The summed E-state index contributed by atoms with van der Waals surface area (Å²) in [7, 11) is 3.69. The summed E-state index contributed by atoms with van der Waals surface area (Å²) in [4.78, 5) is 9.00. The lowest BCUT2D eigenvalue weighted by atomic mass is 10.8. The number of aliphatic carboxylic acids is 1. The fourth-order valence-electron chi connectivity index (χ4n) is 0.196. The van der Waals surface area contributed by atoms with Crippen LogP contribution in [0.25, 0.3) is 0 Å². The van der Waals surface area contributed by atoms with Gasteiger partial charge in [0.1, 0.15) is 0 Å². The van der Waals surface area contributed by atoms with E-state index < -0.39 is 5.97 Å². The summed E-state index contributed by atoms with van der Waals surface area (Å²) in [6, 6.07) is 0. The van der Waals surface area contributed by atoms with Crippen molar-refractivity contribution >= 4 is 27.6 Å². The molecule has 1 heterocycles. The van der Waals surface area contributed by atoms with Gasteiger partial charge in [-0.25, -0.2) is 0 Å². The third kappa shape index (κ3) is 33.6. The van der Waals surface area contributed by atoms with Crippen LogP contribution in [0.1, 0.15) is 6.92 Å². The molecule has 1 aliphatic rings. The molecule has 0 aliphatic carbocycles. The molecule has 3 N–H and O–H groups in total. The summed E-state index contributed by atoms with van der Waals surface area (Å²) < 4.78 is 0. The first-order valence-corrected chi connectivity index (χ1v) is 5.87. The lowest BCUT2D eigenvalue weighted by Crippen LogP contribution is -1.85. The second-order valence-electron chi connectivity index (χ2n) is 1.72. The van der Waals surface area contributed by atoms with Crippen LogP contribution >= 0.6 is 21.6 Å². The third-order valence-electron chi connectivity index (χ3n) is 0.484. The minimum Gasteiger partial charge on any atom is -0.481 e. The van der Waals surface area contributed by atoms with Crippen LogP contribution in [-0.2, 0) is 4.79 Å². The molecule has 1 aliphatic heterocycles. The van der Waals surface area contributed by atoms with Crippen LogP contribution in [0.5, 0.6) is 0 Å². The van der Waals surface area contributed by atoms with Gasteiger partial charge in [-0.3, -0.25) is 4.79 Å². The second kappa shape index (κ2) is 14.4. The van der Waals surface area contributed by atoms with Crippen molar-refractivity contribution in [2.75, 3.05) is 19.0 Å². The monoisotopic (exact) mass is 226 g/mol. The molecule has 0 aromatic heterocycles. The van der Waals surface area contributed by atoms with Gasteiger partial charge in [-0.2, -0.15) is 0 Å². The first kappa shape index (κ1) is 15.3. The Kier molecular flexibility index (Phi) is 16.9. The van der Waals surface area contributed by atoms with Gasteiger partial charge < -0.3 is 15.3 Å². The molecule has 0 unspecified atom stereocenters. The Bertz CT molecular complexity index is 126. The summed E-state index contributed by atoms with van der Waals surface area (Å²) in [5.74, 6) is 0.366. The van der Waals surface area contributed by atoms with Crippen LogP contribution in [0.2, 0.25) is 0 Å². The Morgan fingerprint density at radius 3 is 2.00 bits per heavy atom. The Morgan fingerprint density at radius 1 is 1.46 bits per heavy atom. The summed E-state index contributed by atoms with van der Waals surface area (Å²) >= 11 is 0. The highest BCUT2D eigenvalue weighted by molar-refractivity contribution is 8.78. The summed E-state index contributed by atoms with van der Waals surface area (Å²) in [6.07, 6.45) is 2.16. The predicted octanol–water partition coefficient (Wildman–Crippen LogP) is 0.957. The maximum absolute atomic E-state index is 9.00. The van der Waals surface area contributed by atoms with Gasteiger partial charge >= 0.3 is 0 Å². The van der Waals surface area contributed by atoms with Crippen molar-refractivity contribution in [2.24, 2.45) is 0 Å². The van der Waals surface area contributed by atoms with Gasteiger partial charge in [0.25, 0.3) is 5.97 Å². The van der Waals surface area contributed by atoms with E-state index in [1.54, 1.807) is 0 Å². The van der Waals surface area contributed by atoms with Crippen LogP contribution in [0.15, 0.2) is 11.5 Å². The van der Waals surface area contributed by atoms with E-state index in [1.807, 2.05) is 21.6 Å². The maximum atomic E-state index is 9.00. The molecule has 0 bridgehead atoms. The van der Waals surface area contributed by atoms with Crippen molar-refractivity contribution < 1.29 is 20.1 Å². The van der Waals surface area contributed by atoms with Crippen LogP contribution < -0.4 is 0 Å². The van der Waals surface area contributed by atoms with Crippen LogP contribution in [0.3, 0.4) is 0 Å². The number of carboxylic acid groups (broad SMARTS) is 1. The smallest absolute Gasteiger partial charge is 0.300 e. The van der Waals surface area contributed by atoms with Gasteiger partial charge in [-0.15, -0.1) is 0 Å². The lowest BCUT2D eigenvalue weighted by Gasteiger charge is -1.70. The van der Waals surface area contributed by atoms with Crippen LogP contribution in [0, 0.1) is 0 Å². The van der Waals surface area contributed by atoms with E-state index in [2.05, 4.69) is 11.5 Å². The quantitative estimate of drug-likeness (QED) is 0.578. The van der Waals surface area contributed by atoms with Crippen molar-refractivity contribution in [1.82, 2.24) is 0 Å². The van der Waals surface area contributed by atoms with Crippen LogP contribution in [0.4, 0.5) is 0 Å². The fraction of sp³-hybridized carbons (Fsp3) is 0.571. The van der Waals surface area contributed by atoms with Crippen molar-refractivity contribution in [1.29, 1.82) is 0 Å². The van der Waals surface area contributed by atoms with E-state index in [4.69, 9.17) is 20.1 Å². The Morgan fingerprint density at radius 2 is 1.92 bits per heavy atom. The highest BCUT2D eigenvalue weighted by Gasteiger charge is 1.85. The molecule has 13 heavy (non-hydrogen) atoms. The predicted molar refractivity (Wildman–Crippen MR) is 56.7 cm³/mol. The van der Waals surface area contributed by atoms with Crippen molar-refractivity contribution in [3.63, 3.8) is 0 Å². The number of aliphatic hydroxyl groups is 2. The summed E-state index contributed by atoms with van der Waals surface area (Å²) in [5.41, 5.74) is 0. The number of aliphatic hydroxyl groups excluding tert-OH is 2. The highest BCUT2D eigenvalue weighted by Crippen LogP contribution is 2.27. The molecule has 0 fully saturated rings. The molecule has 0 atom stereocenters. The van der Waals surface area contributed by atoms with Gasteiger partial charge in [0.05, 0.1) is 13.2 Å². The van der Waals surface area contributed by atoms with Crippen molar-refractivity contribution in [3.8, 4) is 0 Å². The molecule has 0 saturated carbocycles. The normalized spacial score (nSPS) is 12.2. The molecular weight excluding hydrogens is 212 g/mol. The molecule has 78 valence electrons. The fourth-order valence-corrected chi connectivity index (χ4v) is 1.77. The Balaban J connectivity index is 0. The molecule has 0 radical (unpaired) electrons. The average molecular weight is 226 g/mol. The summed E-state index contributed by atoms with van der Waals surface area (Å²) in [6.45, 7) is 0.833. The zero-order chi connectivity index (χ0) is 10.5. The molecule has 0 aromatic rings. The minimum atomic E-state index is -0.833. The van der Waals surface area contributed by atoms with Gasteiger partial charge in [0.2, 0.25) is 0 Å². The highest BCUT2D eigenvalue weighted by atomic mass is 33.1. The first-order valence-electron chi connectivity index (χ1n) is 3.49. The molecule has 1 rings (SSSR count). The van der Waals surface area contributed by atoms with Gasteiger partial charge in [0, 0.05) is 12.7 Å². The second-order valence-corrected chi connectivity index (χ2v) is 4.04. The summed E-state index contributed by atoms with van der Waals surface area (Å²) in [5, 5.41) is 24.8. The number of hydrogen-bond acceptors (Lipinski definition) is 5. The number of carbonyl (C=O) groups is 1. The number of hydrogen-bond donors (Lipinski definition) is 3. The molecule has 0 aromatic carbocycles. The van der Waals surface area contributed by atoms with Crippen molar-refractivity contribution in [3.05, 3.63) is 11.5 Å². The third-order valence-corrected chi connectivity index (χ3v) is 2.40. The van der Waals surface area contributed by atoms with Gasteiger partial charge in [0.15, 0.2) is 0 Å². The van der Waals surface area contributed by atoms with E-state index in [0.717, 1.165) is 6.92 Å². The topological polar surface area (TPSA) is 77.8 Å². The Labute approximate surface area is 85.4 Å². The van der Waals surface area contributed by atoms with Gasteiger partial charge in [-0.1, -0.05) is 27.7 Å². The average Bonchev–Trinajstić information content (AvgIpc) is 2.59. The minimum absolute atomic E-state index is 0.125. The van der Waals surface area contributed by atoms with Gasteiger partial charge in [-0.05, 0) is 5.41 Å². The van der Waals surface area contributed by atoms with E-state index in [1.165, 1.54) is 5.75 Å². The standard InChI is InChI=1S/C3H4S2.C2H4O2.C2H6O2/c1-2-4-5-3-1;1-2(3)4;3-1-2-4/h1-2H,3H2;1H3,(H,3,4);3-4H,1-2H2. The number of carboxylic acids is 1. The SMILES string of the molecule is C1=CSSC1.CC(=O)O.OCCO. The zero-order valence-electron chi connectivity index (χ0n) is 7.34. The molecule has 6 heteroatoms.